The number of aromatic nitrogens is 5. The van der Waals surface area contributed by atoms with E-state index in [0.717, 1.165) is 36.2 Å². The van der Waals surface area contributed by atoms with Crippen molar-refractivity contribution in [3.8, 4) is 0 Å². The van der Waals surface area contributed by atoms with Gasteiger partial charge in [0.15, 0.2) is 5.82 Å². The quantitative estimate of drug-likeness (QED) is 0.758. The number of hydrogen-bond donors (Lipinski definition) is 2. The van der Waals surface area contributed by atoms with Crippen LogP contribution in [-0.2, 0) is 0 Å². The highest BCUT2D eigenvalue weighted by molar-refractivity contribution is 5.72. The van der Waals surface area contributed by atoms with Crippen LogP contribution in [0.1, 0.15) is 12.8 Å². The Bertz CT molecular complexity index is 709. The standard InChI is InChI=1S/C13H15N7/c1-2-8-19(7-1)13-16-12(15-11-5-6-14-17-11)10-4-3-9-20(10)18-13/h3-6,9H,1-2,7-8H2,(H2,14,15,16,17,18). The predicted molar refractivity (Wildman–Crippen MR) is 76.3 cm³/mol. The van der Waals surface area contributed by atoms with E-state index in [9.17, 15) is 0 Å². The molecule has 0 aromatic carbocycles. The average Bonchev–Trinajstić information content (AvgIpc) is 3.21. The molecule has 1 aliphatic heterocycles. The molecule has 102 valence electrons. The molecule has 0 radical (unpaired) electrons. The van der Waals surface area contributed by atoms with E-state index in [2.05, 4.69) is 30.5 Å². The Morgan fingerprint density at radius 3 is 2.90 bits per heavy atom. The lowest BCUT2D eigenvalue weighted by molar-refractivity contribution is 0.826. The van der Waals surface area contributed by atoms with Crippen LogP contribution in [0.3, 0.4) is 0 Å². The van der Waals surface area contributed by atoms with E-state index < -0.39 is 0 Å². The van der Waals surface area contributed by atoms with Gasteiger partial charge in [-0.1, -0.05) is 0 Å². The summed E-state index contributed by atoms with van der Waals surface area (Å²) in [5.41, 5.74) is 0.947. The Morgan fingerprint density at radius 2 is 2.10 bits per heavy atom. The minimum absolute atomic E-state index is 0.771. The highest BCUT2D eigenvalue weighted by Crippen LogP contribution is 2.23. The molecule has 0 bridgehead atoms. The van der Waals surface area contributed by atoms with Gasteiger partial charge in [0.1, 0.15) is 11.3 Å². The van der Waals surface area contributed by atoms with Gasteiger partial charge in [0, 0.05) is 25.4 Å². The van der Waals surface area contributed by atoms with Crippen molar-refractivity contribution < 1.29 is 0 Å². The second kappa shape index (κ2) is 4.52. The van der Waals surface area contributed by atoms with E-state index in [4.69, 9.17) is 0 Å². The molecule has 2 N–H and O–H groups in total. The Kier molecular flexibility index (Phi) is 2.55. The van der Waals surface area contributed by atoms with Gasteiger partial charge in [-0.2, -0.15) is 10.1 Å². The van der Waals surface area contributed by atoms with E-state index in [1.54, 1.807) is 6.20 Å². The third-order valence-corrected chi connectivity index (χ3v) is 3.52. The van der Waals surface area contributed by atoms with E-state index in [1.807, 2.05) is 28.9 Å². The molecule has 3 aromatic heterocycles. The van der Waals surface area contributed by atoms with Crippen molar-refractivity contribution in [2.24, 2.45) is 0 Å². The highest BCUT2D eigenvalue weighted by Gasteiger charge is 2.17. The molecule has 7 heteroatoms. The van der Waals surface area contributed by atoms with Gasteiger partial charge in [-0.3, -0.25) is 5.10 Å². The van der Waals surface area contributed by atoms with Crippen LogP contribution in [0.5, 0.6) is 0 Å². The van der Waals surface area contributed by atoms with Crippen molar-refractivity contribution in [1.29, 1.82) is 0 Å². The molecule has 0 saturated carbocycles. The molecule has 1 fully saturated rings. The lowest BCUT2D eigenvalue weighted by Crippen LogP contribution is -2.22. The maximum Gasteiger partial charge on any atom is 0.245 e. The maximum atomic E-state index is 4.67. The number of hydrogen-bond acceptors (Lipinski definition) is 5. The molecule has 4 rings (SSSR count). The Balaban J connectivity index is 1.78. The largest absolute Gasteiger partial charge is 0.340 e. The SMILES string of the molecule is c1cc2c(Nc3ccn[nH]3)nc(N3CCCC3)nn2c1. The first-order chi connectivity index (χ1) is 9.90. The lowest BCUT2D eigenvalue weighted by Gasteiger charge is -2.16. The molecule has 20 heavy (non-hydrogen) atoms. The van der Waals surface area contributed by atoms with Gasteiger partial charge in [0.2, 0.25) is 5.95 Å². The number of anilines is 3. The minimum atomic E-state index is 0.771. The zero-order valence-electron chi connectivity index (χ0n) is 11.0. The normalized spacial score (nSPS) is 15.1. The van der Waals surface area contributed by atoms with E-state index in [0.29, 0.717) is 0 Å². The number of nitrogens with one attached hydrogen (secondary N) is 2. The molecule has 0 unspecified atom stereocenters. The molecule has 0 spiro atoms. The van der Waals surface area contributed by atoms with Gasteiger partial charge in [0.05, 0.1) is 6.20 Å². The Hall–Kier alpha value is -2.57. The summed E-state index contributed by atoms with van der Waals surface area (Å²) in [6.07, 6.45) is 6.06. The molecule has 1 aliphatic rings. The van der Waals surface area contributed by atoms with Gasteiger partial charge < -0.3 is 10.2 Å². The summed E-state index contributed by atoms with van der Waals surface area (Å²) in [5.74, 6) is 2.38. The number of H-pyrrole nitrogens is 1. The van der Waals surface area contributed by atoms with Crippen molar-refractivity contribution in [3.05, 3.63) is 30.6 Å². The van der Waals surface area contributed by atoms with Crippen LogP contribution in [0.4, 0.5) is 17.6 Å². The zero-order chi connectivity index (χ0) is 13.4. The highest BCUT2D eigenvalue weighted by atomic mass is 15.4. The van der Waals surface area contributed by atoms with Crippen LogP contribution in [0, 0.1) is 0 Å². The zero-order valence-corrected chi connectivity index (χ0v) is 11.0. The third kappa shape index (κ3) is 1.87. The maximum absolute atomic E-state index is 4.67. The molecule has 0 amide bonds. The minimum Gasteiger partial charge on any atom is -0.340 e. The summed E-state index contributed by atoms with van der Waals surface area (Å²) in [6.45, 7) is 2.05. The Labute approximate surface area is 115 Å². The fourth-order valence-corrected chi connectivity index (χ4v) is 2.52. The first kappa shape index (κ1) is 11.3. The van der Waals surface area contributed by atoms with E-state index in [1.165, 1.54) is 12.8 Å². The number of rotatable bonds is 3. The predicted octanol–water partition coefficient (Wildman–Crippen LogP) is 1.80. The number of fused-ring (bicyclic) bond motifs is 1. The molecule has 7 nitrogen and oxygen atoms in total. The van der Waals surface area contributed by atoms with Crippen LogP contribution in [0.2, 0.25) is 0 Å². The lowest BCUT2D eigenvalue weighted by atomic mass is 10.4. The van der Waals surface area contributed by atoms with Crippen LogP contribution in [0.25, 0.3) is 5.52 Å². The van der Waals surface area contributed by atoms with Gasteiger partial charge in [-0.05, 0) is 25.0 Å². The first-order valence-corrected chi connectivity index (χ1v) is 6.77. The second-order valence-corrected chi connectivity index (χ2v) is 4.89. The van der Waals surface area contributed by atoms with Crippen molar-refractivity contribution in [3.63, 3.8) is 0 Å². The first-order valence-electron chi connectivity index (χ1n) is 6.77. The summed E-state index contributed by atoms with van der Waals surface area (Å²) in [6, 6.07) is 5.83. The summed E-state index contributed by atoms with van der Waals surface area (Å²) >= 11 is 0. The van der Waals surface area contributed by atoms with Crippen LogP contribution >= 0.6 is 0 Å². The van der Waals surface area contributed by atoms with Crippen molar-refractivity contribution >= 4 is 23.1 Å². The van der Waals surface area contributed by atoms with Crippen molar-refractivity contribution in [2.45, 2.75) is 12.8 Å². The monoisotopic (exact) mass is 269 g/mol. The number of aromatic amines is 1. The second-order valence-electron chi connectivity index (χ2n) is 4.89. The average molecular weight is 269 g/mol. The smallest absolute Gasteiger partial charge is 0.245 e. The third-order valence-electron chi connectivity index (χ3n) is 3.52. The summed E-state index contributed by atoms with van der Waals surface area (Å²) in [7, 11) is 0. The molecular weight excluding hydrogens is 254 g/mol. The number of nitrogens with zero attached hydrogens (tertiary/aromatic N) is 5. The topological polar surface area (TPSA) is 74.1 Å². The molecule has 0 atom stereocenters. The molecule has 4 heterocycles. The van der Waals surface area contributed by atoms with Gasteiger partial charge in [0.25, 0.3) is 0 Å². The van der Waals surface area contributed by atoms with E-state index in [-0.39, 0.29) is 0 Å². The van der Waals surface area contributed by atoms with Gasteiger partial charge in [-0.15, -0.1) is 5.10 Å². The molecular formula is C13H15N7. The van der Waals surface area contributed by atoms with Gasteiger partial charge in [-0.25, -0.2) is 4.52 Å². The summed E-state index contributed by atoms with van der Waals surface area (Å²) in [5, 5.41) is 14.7. The van der Waals surface area contributed by atoms with Crippen molar-refractivity contribution in [1.82, 2.24) is 24.8 Å². The Morgan fingerprint density at radius 1 is 1.20 bits per heavy atom. The van der Waals surface area contributed by atoms with Gasteiger partial charge >= 0.3 is 0 Å². The fraction of sp³-hybridized carbons (Fsp3) is 0.308. The summed E-state index contributed by atoms with van der Waals surface area (Å²) < 4.78 is 1.86. The van der Waals surface area contributed by atoms with Crippen LogP contribution in [0.15, 0.2) is 30.6 Å². The van der Waals surface area contributed by atoms with E-state index >= 15 is 0 Å². The van der Waals surface area contributed by atoms with Crippen molar-refractivity contribution in [2.75, 3.05) is 23.3 Å². The van der Waals surface area contributed by atoms with Crippen LogP contribution < -0.4 is 10.2 Å². The fourth-order valence-electron chi connectivity index (χ4n) is 2.52. The molecule has 0 aliphatic carbocycles. The summed E-state index contributed by atoms with van der Waals surface area (Å²) in [4.78, 5) is 6.88. The van der Waals surface area contributed by atoms with Crippen LogP contribution in [-0.4, -0.2) is 37.9 Å². The molecule has 3 aromatic rings. The molecule has 1 saturated heterocycles.